The quantitative estimate of drug-likeness (QED) is 0.495. The third kappa shape index (κ3) is 3.17. The van der Waals surface area contributed by atoms with Gasteiger partial charge in [-0.2, -0.15) is 0 Å². The molecular formula is C14H15N3O3. The molecule has 0 fully saturated rings. The van der Waals surface area contributed by atoms with E-state index in [9.17, 15) is 10.1 Å². The molecule has 0 saturated heterocycles. The van der Waals surface area contributed by atoms with E-state index in [1.807, 2.05) is 31.2 Å². The van der Waals surface area contributed by atoms with Crippen molar-refractivity contribution in [2.24, 2.45) is 0 Å². The van der Waals surface area contributed by atoms with Gasteiger partial charge in [0.2, 0.25) is 0 Å². The largest absolute Gasteiger partial charge is 0.494 e. The molecule has 0 aliphatic rings. The van der Waals surface area contributed by atoms with Crippen molar-refractivity contribution < 1.29 is 9.66 Å². The summed E-state index contributed by atoms with van der Waals surface area (Å²) >= 11 is 0. The Morgan fingerprint density at radius 3 is 2.65 bits per heavy atom. The fourth-order valence-electron chi connectivity index (χ4n) is 1.80. The van der Waals surface area contributed by atoms with Crippen LogP contribution >= 0.6 is 0 Å². The Morgan fingerprint density at radius 1 is 1.25 bits per heavy atom. The minimum atomic E-state index is -0.505. The number of nitrogens with one attached hydrogen (secondary N) is 1. The highest BCUT2D eigenvalue weighted by molar-refractivity contribution is 5.70. The van der Waals surface area contributed by atoms with Crippen LogP contribution in [0.15, 0.2) is 42.5 Å². The maximum Gasteiger partial charge on any atom is 0.292 e. The Bertz CT molecular complexity index is 629. The number of ether oxygens (including phenoxy) is 1. The molecule has 0 amide bonds. The second kappa shape index (κ2) is 5.92. The van der Waals surface area contributed by atoms with Gasteiger partial charge in [-0.1, -0.05) is 6.07 Å². The Balaban J connectivity index is 2.19. The number of benzene rings is 2. The highest BCUT2D eigenvalue weighted by Crippen LogP contribution is 2.27. The summed E-state index contributed by atoms with van der Waals surface area (Å²) in [7, 11) is 0. The van der Waals surface area contributed by atoms with E-state index in [2.05, 4.69) is 5.32 Å². The molecule has 0 aliphatic carbocycles. The number of nitrogens with two attached hydrogens (primary N) is 1. The van der Waals surface area contributed by atoms with Gasteiger partial charge in [0.1, 0.15) is 11.4 Å². The van der Waals surface area contributed by atoms with Crippen molar-refractivity contribution in [1.82, 2.24) is 0 Å². The van der Waals surface area contributed by atoms with Crippen molar-refractivity contribution in [1.29, 1.82) is 0 Å². The normalized spacial score (nSPS) is 10.1. The summed E-state index contributed by atoms with van der Waals surface area (Å²) in [6, 6.07) is 12.0. The van der Waals surface area contributed by atoms with Crippen molar-refractivity contribution >= 4 is 22.7 Å². The van der Waals surface area contributed by atoms with Gasteiger partial charge in [-0.05, 0) is 31.2 Å². The Morgan fingerprint density at radius 2 is 2.00 bits per heavy atom. The van der Waals surface area contributed by atoms with Gasteiger partial charge in [0.15, 0.2) is 0 Å². The molecule has 104 valence electrons. The number of hydrogen-bond donors (Lipinski definition) is 2. The molecule has 0 bridgehead atoms. The SMILES string of the molecule is CCOc1cccc(Nc2ccc([N+](=O)[O-])c(N)c2)c1. The predicted octanol–water partition coefficient (Wildman–Crippen LogP) is 3.32. The van der Waals surface area contributed by atoms with Crippen molar-refractivity contribution in [3.05, 3.63) is 52.6 Å². The molecule has 0 spiro atoms. The highest BCUT2D eigenvalue weighted by Gasteiger charge is 2.11. The fraction of sp³-hybridized carbons (Fsp3) is 0.143. The average Bonchev–Trinajstić information content (AvgIpc) is 2.39. The number of anilines is 3. The second-order valence-electron chi connectivity index (χ2n) is 4.12. The molecule has 2 aromatic carbocycles. The van der Waals surface area contributed by atoms with Gasteiger partial charge >= 0.3 is 0 Å². The zero-order valence-electron chi connectivity index (χ0n) is 11.0. The third-order valence-electron chi connectivity index (χ3n) is 2.66. The van der Waals surface area contributed by atoms with Gasteiger partial charge in [-0.15, -0.1) is 0 Å². The first-order valence-electron chi connectivity index (χ1n) is 6.14. The van der Waals surface area contributed by atoms with E-state index in [1.165, 1.54) is 12.1 Å². The summed E-state index contributed by atoms with van der Waals surface area (Å²) in [6.45, 7) is 2.51. The van der Waals surface area contributed by atoms with Crippen LogP contribution in [0.2, 0.25) is 0 Å². The summed E-state index contributed by atoms with van der Waals surface area (Å²) < 4.78 is 5.40. The summed E-state index contributed by atoms with van der Waals surface area (Å²) in [4.78, 5) is 10.2. The average molecular weight is 273 g/mol. The molecule has 2 rings (SSSR count). The zero-order chi connectivity index (χ0) is 14.5. The summed E-state index contributed by atoms with van der Waals surface area (Å²) in [5.41, 5.74) is 7.18. The molecule has 3 N–H and O–H groups in total. The molecule has 0 aliphatic heterocycles. The van der Waals surface area contributed by atoms with Crippen LogP contribution < -0.4 is 15.8 Å². The maximum atomic E-state index is 10.7. The van der Waals surface area contributed by atoms with E-state index < -0.39 is 4.92 Å². The van der Waals surface area contributed by atoms with Crippen molar-refractivity contribution in [2.75, 3.05) is 17.7 Å². The summed E-state index contributed by atoms with van der Waals surface area (Å²) in [6.07, 6.45) is 0. The van der Waals surface area contributed by atoms with Crippen LogP contribution in [0.25, 0.3) is 0 Å². The van der Waals surface area contributed by atoms with Gasteiger partial charge in [-0.3, -0.25) is 10.1 Å². The number of nitrogens with zero attached hydrogens (tertiary/aromatic N) is 1. The van der Waals surface area contributed by atoms with E-state index in [1.54, 1.807) is 6.07 Å². The van der Waals surface area contributed by atoms with Crippen molar-refractivity contribution in [3.8, 4) is 5.75 Å². The van der Waals surface area contributed by atoms with Gasteiger partial charge in [0.25, 0.3) is 5.69 Å². The van der Waals surface area contributed by atoms with Crippen LogP contribution in [-0.2, 0) is 0 Å². The topological polar surface area (TPSA) is 90.4 Å². The number of rotatable bonds is 5. The standard InChI is InChI=1S/C14H15N3O3/c1-2-20-12-5-3-4-10(8-12)16-11-6-7-14(17(18)19)13(15)9-11/h3-9,16H,2,15H2,1H3. The molecule has 0 saturated carbocycles. The van der Waals surface area contributed by atoms with E-state index in [0.29, 0.717) is 12.3 Å². The highest BCUT2D eigenvalue weighted by atomic mass is 16.6. The zero-order valence-corrected chi connectivity index (χ0v) is 11.0. The molecule has 20 heavy (non-hydrogen) atoms. The van der Waals surface area contributed by atoms with Crippen molar-refractivity contribution in [2.45, 2.75) is 6.92 Å². The van der Waals surface area contributed by atoms with E-state index >= 15 is 0 Å². The lowest BCUT2D eigenvalue weighted by Gasteiger charge is -2.09. The van der Waals surface area contributed by atoms with Crippen molar-refractivity contribution in [3.63, 3.8) is 0 Å². The number of nitro groups is 1. The Labute approximate surface area is 116 Å². The van der Waals surface area contributed by atoms with Crippen LogP contribution in [0, 0.1) is 10.1 Å². The molecule has 2 aromatic rings. The minimum Gasteiger partial charge on any atom is -0.494 e. The van der Waals surface area contributed by atoms with Gasteiger partial charge in [0, 0.05) is 23.5 Å². The first-order valence-corrected chi connectivity index (χ1v) is 6.14. The van der Waals surface area contributed by atoms with Crippen LogP contribution in [-0.4, -0.2) is 11.5 Å². The minimum absolute atomic E-state index is 0.0985. The molecular weight excluding hydrogens is 258 g/mol. The first-order chi connectivity index (χ1) is 9.60. The van der Waals surface area contributed by atoms with Gasteiger partial charge in [-0.25, -0.2) is 0 Å². The number of hydrogen-bond acceptors (Lipinski definition) is 5. The molecule has 0 heterocycles. The molecule has 0 aromatic heterocycles. The lowest BCUT2D eigenvalue weighted by atomic mass is 10.2. The molecule has 6 heteroatoms. The molecule has 0 radical (unpaired) electrons. The Hall–Kier alpha value is -2.76. The van der Waals surface area contributed by atoms with E-state index in [-0.39, 0.29) is 11.4 Å². The van der Waals surface area contributed by atoms with Crippen LogP contribution in [0.5, 0.6) is 5.75 Å². The molecule has 6 nitrogen and oxygen atoms in total. The lowest BCUT2D eigenvalue weighted by molar-refractivity contribution is -0.383. The molecule has 0 unspecified atom stereocenters. The van der Waals surface area contributed by atoms with Crippen LogP contribution in [0.3, 0.4) is 0 Å². The van der Waals surface area contributed by atoms with Gasteiger partial charge in [0.05, 0.1) is 11.5 Å². The van der Waals surface area contributed by atoms with E-state index in [4.69, 9.17) is 10.5 Å². The smallest absolute Gasteiger partial charge is 0.292 e. The molecule has 0 atom stereocenters. The van der Waals surface area contributed by atoms with E-state index in [0.717, 1.165) is 11.4 Å². The Kier molecular flexibility index (Phi) is 4.05. The van der Waals surface area contributed by atoms with Crippen LogP contribution in [0.1, 0.15) is 6.92 Å². The predicted molar refractivity (Wildman–Crippen MR) is 78.4 cm³/mol. The summed E-state index contributed by atoms with van der Waals surface area (Å²) in [5.74, 6) is 0.757. The summed E-state index contributed by atoms with van der Waals surface area (Å²) in [5, 5.41) is 13.8. The number of nitrogen functional groups attached to an aromatic ring is 1. The third-order valence-corrected chi connectivity index (χ3v) is 2.66. The first kappa shape index (κ1) is 13.7. The lowest BCUT2D eigenvalue weighted by Crippen LogP contribution is -1.98. The maximum absolute atomic E-state index is 10.7. The second-order valence-corrected chi connectivity index (χ2v) is 4.12. The van der Waals surface area contributed by atoms with Gasteiger partial charge < -0.3 is 15.8 Å². The monoisotopic (exact) mass is 273 g/mol. The number of nitro benzene ring substituents is 1. The fourth-order valence-corrected chi connectivity index (χ4v) is 1.80. The van der Waals surface area contributed by atoms with Crippen LogP contribution in [0.4, 0.5) is 22.7 Å².